The van der Waals surface area contributed by atoms with Gasteiger partial charge < -0.3 is 18.6 Å². The summed E-state index contributed by atoms with van der Waals surface area (Å²) in [5.41, 5.74) is 1.35. The Morgan fingerprint density at radius 1 is 1.15 bits per heavy atom. The number of amides is 1. The van der Waals surface area contributed by atoms with E-state index in [9.17, 15) is 14.0 Å². The number of ether oxygens (including phenoxy) is 1. The van der Waals surface area contributed by atoms with Gasteiger partial charge in [0.25, 0.3) is 5.91 Å². The Balaban J connectivity index is 1.41. The molecule has 0 spiro atoms. The van der Waals surface area contributed by atoms with E-state index in [2.05, 4.69) is 21.7 Å². The molecule has 206 valence electrons. The number of rotatable bonds is 10. The number of aromatic nitrogens is 3. The highest BCUT2D eigenvalue weighted by atomic mass is 19.1. The maximum atomic E-state index is 13.6. The summed E-state index contributed by atoms with van der Waals surface area (Å²) in [4.78, 5) is 36.2. The van der Waals surface area contributed by atoms with E-state index >= 15 is 0 Å². The third-order valence-electron chi connectivity index (χ3n) is 8.21. The summed E-state index contributed by atoms with van der Waals surface area (Å²) in [7, 11) is 0. The largest absolute Gasteiger partial charge is 0.461 e. The molecule has 39 heavy (non-hydrogen) atoms. The molecule has 0 saturated heterocycles. The van der Waals surface area contributed by atoms with Gasteiger partial charge in [-0.1, -0.05) is 17.8 Å². The van der Waals surface area contributed by atoms with Crippen molar-refractivity contribution >= 4 is 17.6 Å². The van der Waals surface area contributed by atoms with Gasteiger partial charge >= 0.3 is 5.97 Å². The second kappa shape index (κ2) is 10.7. The minimum atomic E-state index is -0.650. The van der Waals surface area contributed by atoms with Crippen molar-refractivity contribution < 1.29 is 27.7 Å². The van der Waals surface area contributed by atoms with Crippen molar-refractivity contribution in [2.45, 2.75) is 64.2 Å². The zero-order chi connectivity index (χ0) is 27.6. The molecule has 3 aliphatic carbocycles. The van der Waals surface area contributed by atoms with Crippen LogP contribution >= 0.6 is 0 Å². The second-order valence-corrected chi connectivity index (χ2v) is 10.7. The van der Waals surface area contributed by atoms with Gasteiger partial charge in [-0.15, -0.1) is 0 Å². The van der Waals surface area contributed by atoms with Crippen LogP contribution in [-0.4, -0.2) is 46.8 Å². The van der Waals surface area contributed by atoms with Crippen LogP contribution in [0, 0.1) is 12.3 Å². The monoisotopic (exact) mass is 536 g/mol. The molecule has 3 saturated carbocycles. The lowest BCUT2D eigenvalue weighted by molar-refractivity contribution is -0.116. The highest BCUT2D eigenvalue weighted by Crippen LogP contribution is 2.58. The van der Waals surface area contributed by atoms with Crippen LogP contribution in [-0.2, 0) is 14.9 Å². The molecule has 0 atom stereocenters. The Morgan fingerprint density at radius 2 is 1.90 bits per heavy atom. The van der Waals surface area contributed by atoms with E-state index in [1.807, 2.05) is 13.0 Å². The highest BCUT2D eigenvalue weighted by Gasteiger charge is 2.53. The Bertz CT molecular complexity index is 1350. The van der Waals surface area contributed by atoms with Gasteiger partial charge in [0.1, 0.15) is 6.26 Å². The molecule has 3 aliphatic rings. The van der Waals surface area contributed by atoms with Crippen LogP contribution in [0.15, 0.2) is 51.6 Å². The molecule has 0 N–H and O–H groups in total. The number of anilines is 1. The maximum absolute atomic E-state index is 13.6. The lowest BCUT2D eigenvalue weighted by Crippen LogP contribution is -2.51. The van der Waals surface area contributed by atoms with Gasteiger partial charge in [0.05, 0.1) is 13.3 Å². The van der Waals surface area contributed by atoms with Crippen LogP contribution in [0.5, 0.6) is 0 Å². The number of hydrogen-bond acceptors (Lipinski definition) is 8. The van der Waals surface area contributed by atoms with Crippen molar-refractivity contribution in [1.82, 2.24) is 15.1 Å². The number of benzene rings is 1. The lowest BCUT2D eigenvalue weighted by atomic mass is 9.53. The normalized spacial score (nSPS) is 22.0. The van der Waals surface area contributed by atoms with Gasteiger partial charge in [-0.25, -0.2) is 9.78 Å². The number of fused-ring (bicyclic) bond motifs is 3. The summed E-state index contributed by atoms with van der Waals surface area (Å²) in [5.74, 6) is 0.740. The minimum Gasteiger partial charge on any atom is -0.461 e. The fourth-order valence-corrected chi connectivity index (χ4v) is 5.87. The average molecular weight is 537 g/mol. The van der Waals surface area contributed by atoms with Crippen molar-refractivity contribution in [2.24, 2.45) is 5.41 Å². The maximum Gasteiger partial charge on any atom is 0.360 e. The summed E-state index contributed by atoms with van der Waals surface area (Å²) >= 11 is 0. The van der Waals surface area contributed by atoms with Gasteiger partial charge in [0.15, 0.2) is 11.5 Å². The molecule has 2 heterocycles. The number of hydrogen-bond donors (Lipinski definition) is 0. The molecule has 10 heteroatoms. The van der Waals surface area contributed by atoms with Gasteiger partial charge in [0, 0.05) is 35.2 Å². The highest BCUT2D eigenvalue weighted by molar-refractivity contribution is 6.05. The first-order chi connectivity index (χ1) is 18.8. The smallest absolute Gasteiger partial charge is 0.360 e. The molecule has 2 bridgehead atoms. The van der Waals surface area contributed by atoms with Crippen LogP contribution < -0.4 is 4.90 Å². The number of nitrogens with zero attached hydrogens (tertiary/aromatic N) is 4. The van der Waals surface area contributed by atoms with Crippen LogP contribution in [0.25, 0.3) is 11.5 Å². The summed E-state index contributed by atoms with van der Waals surface area (Å²) in [6.07, 6.45) is 6.71. The van der Waals surface area contributed by atoms with Crippen LogP contribution in [0.2, 0.25) is 0 Å². The number of carbonyl (C=O) groups is 2. The predicted molar refractivity (Wildman–Crippen MR) is 141 cm³/mol. The van der Waals surface area contributed by atoms with Gasteiger partial charge in [-0.3, -0.25) is 9.18 Å². The van der Waals surface area contributed by atoms with Gasteiger partial charge in [0.2, 0.25) is 11.8 Å². The number of carbonyl (C=O) groups excluding carboxylic acids is 2. The molecule has 1 amide bonds. The topological polar surface area (TPSA) is 112 Å². The summed E-state index contributed by atoms with van der Waals surface area (Å²) in [5, 5.41) is 4.00. The van der Waals surface area contributed by atoms with Crippen molar-refractivity contribution in [2.75, 3.05) is 24.7 Å². The first kappa shape index (κ1) is 26.8. The Morgan fingerprint density at radius 3 is 2.54 bits per heavy atom. The zero-order valence-electron chi connectivity index (χ0n) is 22.4. The van der Waals surface area contributed by atoms with Crippen molar-refractivity contribution in [3.05, 3.63) is 60.1 Å². The van der Waals surface area contributed by atoms with E-state index in [-0.39, 0.29) is 46.9 Å². The number of esters is 1. The molecule has 0 radical (unpaired) electrons. The van der Waals surface area contributed by atoms with E-state index in [4.69, 9.17) is 13.7 Å². The van der Waals surface area contributed by atoms with Gasteiger partial charge in [-0.05, 0) is 76.0 Å². The van der Waals surface area contributed by atoms with E-state index in [1.54, 1.807) is 30.0 Å². The Hall–Kier alpha value is -3.82. The zero-order valence-corrected chi connectivity index (χ0v) is 22.4. The third-order valence-corrected chi connectivity index (χ3v) is 8.21. The summed E-state index contributed by atoms with van der Waals surface area (Å²) in [6.45, 7) is 7.49. The lowest BCUT2D eigenvalue weighted by Gasteiger charge is -2.53. The standard InChI is InChI=1S/C29H33FN4O5/c1-4-37-26(36)23-17-38-24(32-23)21-6-5-7-22(16-21)34(25(35)19(2)8-15-30)18-28-9-12-29(13-10-28,14-11-28)27-31-20(3)33-39-27/h5-7,16-17H,2,4,8-15,18H2,1,3H3. The molecular weight excluding hydrogens is 503 g/mol. The molecule has 3 aromatic rings. The van der Waals surface area contributed by atoms with Crippen LogP contribution in [0.3, 0.4) is 0 Å². The first-order valence-electron chi connectivity index (χ1n) is 13.4. The average Bonchev–Trinajstić information content (AvgIpc) is 3.63. The summed E-state index contributed by atoms with van der Waals surface area (Å²) in [6, 6.07) is 7.24. The number of oxazole rings is 1. The van der Waals surface area contributed by atoms with Crippen molar-refractivity contribution in [3.63, 3.8) is 0 Å². The molecule has 9 nitrogen and oxygen atoms in total. The third kappa shape index (κ3) is 5.24. The number of halogens is 1. The SMILES string of the molecule is C=C(CCF)C(=O)N(CC12CCC(c3nc(C)no3)(CC1)CC2)c1cccc(-c2nc(C(=O)OCC)co2)c1. The molecule has 0 aliphatic heterocycles. The van der Waals surface area contributed by atoms with Crippen molar-refractivity contribution in [1.29, 1.82) is 0 Å². The fraction of sp³-hybridized carbons (Fsp3) is 0.483. The van der Waals surface area contributed by atoms with E-state index in [1.165, 1.54) is 6.26 Å². The molecule has 0 unspecified atom stereocenters. The van der Waals surface area contributed by atoms with Gasteiger partial charge in [-0.2, -0.15) is 4.98 Å². The summed E-state index contributed by atoms with van der Waals surface area (Å²) < 4.78 is 29.3. The predicted octanol–water partition coefficient (Wildman–Crippen LogP) is 5.75. The van der Waals surface area contributed by atoms with E-state index in [0.717, 1.165) is 44.4 Å². The molecule has 3 fully saturated rings. The van der Waals surface area contributed by atoms with Crippen molar-refractivity contribution in [3.8, 4) is 11.5 Å². The first-order valence-corrected chi connectivity index (χ1v) is 13.4. The van der Waals surface area contributed by atoms with E-state index in [0.29, 0.717) is 23.6 Å². The van der Waals surface area contributed by atoms with Crippen LogP contribution in [0.4, 0.5) is 10.1 Å². The minimum absolute atomic E-state index is 0.0235. The Labute approximate surface area is 226 Å². The number of alkyl halides is 1. The molecule has 1 aromatic carbocycles. The van der Waals surface area contributed by atoms with E-state index < -0.39 is 12.6 Å². The Kier molecular flexibility index (Phi) is 7.38. The number of aryl methyl sites for hydroxylation is 1. The molecule has 6 rings (SSSR count). The van der Waals surface area contributed by atoms with Crippen LogP contribution in [0.1, 0.15) is 74.1 Å². The fourth-order valence-electron chi connectivity index (χ4n) is 5.87. The molecule has 2 aromatic heterocycles. The molecular formula is C29H33FN4O5. The quantitative estimate of drug-likeness (QED) is 0.238. The second-order valence-electron chi connectivity index (χ2n) is 10.7.